The lowest BCUT2D eigenvalue weighted by Crippen LogP contribution is -2.30. The molecule has 1 aromatic rings. The lowest BCUT2D eigenvalue weighted by Gasteiger charge is -2.19. The average Bonchev–Trinajstić information content (AvgIpc) is 3.02. The molecule has 1 saturated carbocycles. The number of carbonyl (C=O) groups is 2. The minimum atomic E-state index is -0.209. The molecule has 23 heavy (non-hydrogen) atoms. The molecule has 2 amide bonds. The lowest BCUT2D eigenvalue weighted by atomic mass is 9.95. The third kappa shape index (κ3) is 4.36. The van der Waals surface area contributed by atoms with Gasteiger partial charge in [0.05, 0.1) is 12.8 Å². The van der Waals surface area contributed by atoms with E-state index in [1.54, 1.807) is 25.2 Å². The van der Waals surface area contributed by atoms with Gasteiger partial charge in [-0.1, -0.05) is 6.42 Å². The van der Waals surface area contributed by atoms with Gasteiger partial charge in [-0.3, -0.25) is 9.59 Å². The molecule has 0 aliphatic heterocycles. The number of rotatable bonds is 5. The summed E-state index contributed by atoms with van der Waals surface area (Å²) < 4.78 is 5.26. The molecule has 0 unspecified atom stereocenters. The van der Waals surface area contributed by atoms with Crippen LogP contribution in [0.25, 0.3) is 0 Å². The normalized spacial score (nSPS) is 19.6. The number of nitrogens with two attached hydrogens (primary N) is 1. The number of anilines is 1. The molecule has 7 heteroatoms. The molecule has 0 bridgehead atoms. The Morgan fingerprint density at radius 1 is 1.35 bits per heavy atom. The van der Waals surface area contributed by atoms with E-state index < -0.39 is 0 Å². The highest BCUT2D eigenvalue weighted by atomic mass is 35.5. The zero-order chi connectivity index (χ0) is 16.1. The zero-order valence-corrected chi connectivity index (χ0v) is 14.2. The number of nitrogens with one attached hydrogen (secondary N) is 2. The van der Waals surface area contributed by atoms with Crippen LogP contribution in [0.4, 0.5) is 5.69 Å². The third-order valence-corrected chi connectivity index (χ3v) is 4.25. The number of amides is 2. The Kier molecular flexibility index (Phi) is 7.32. The largest absolute Gasteiger partial charge is 0.495 e. The number of benzene rings is 1. The van der Waals surface area contributed by atoms with Crippen LogP contribution in [0, 0.1) is 11.8 Å². The van der Waals surface area contributed by atoms with Crippen LogP contribution >= 0.6 is 12.4 Å². The summed E-state index contributed by atoms with van der Waals surface area (Å²) in [5.41, 5.74) is 6.72. The van der Waals surface area contributed by atoms with Crippen LogP contribution in [0.3, 0.4) is 0 Å². The molecule has 1 aromatic carbocycles. The van der Waals surface area contributed by atoms with Gasteiger partial charge in [-0.25, -0.2) is 0 Å². The van der Waals surface area contributed by atoms with Crippen molar-refractivity contribution in [2.24, 2.45) is 17.6 Å². The summed E-state index contributed by atoms with van der Waals surface area (Å²) in [5.74, 6) is 0.425. The first kappa shape index (κ1) is 19.3. The molecule has 1 aliphatic carbocycles. The Morgan fingerprint density at radius 3 is 2.70 bits per heavy atom. The summed E-state index contributed by atoms with van der Waals surface area (Å²) in [7, 11) is 3.10. The topological polar surface area (TPSA) is 93.5 Å². The Bertz CT molecular complexity index is 566. The van der Waals surface area contributed by atoms with Crippen molar-refractivity contribution in [3.8, 4) is 5.75 Å². The fourth-order valence-corrected chi connectivity index (χ4v) is 2.98. The molecule has 1 aliphatic rings. The Labute approximate surface area is 142 Å². The van der Waals surface area contributed by atoms with Crippen LogP contribution in [-0.4, -0.2) is 32.5 Å². The molecule has 2 atom stereocenters. The second kappa shape index (κ2) is 8.74. The van der Waals surface area contributed by atoms with E-state index in [2.05, 4.69) is 10.6 Å². The summed E-state index contributed by atoms with van der Waals surface area (Å²) in [6, 6.07) is 4.96. The van der Waals surface area contributed by atoms with Gasteiger partial charge < -0.3 is 21.1 Å². The monoisotopic (exact) mass is 341 g/mol. The van der Waals surface area contributed by atoms with E-state index >= 15 is 0 Å². The molecule has 4 N–H and O–H groups in total. The SMILES string of the molecule is CNC(=O)c1ccc(OC)c(NC(=O)[C@@H]2CCC[C@@H]2CN)c1.Cl. The van der Waals surface area contributed by atoms with Gasteiger partial charge in [-0.2, -0.15) is 0 Å². The molecule has 2 rings (SSSR count). The van der Waals surface area contributed by atoms with E-state index in [-0.39, 0.29) is 36.1 Å². The van der Waals surface area contributed by atoms with Gasteiger partial charge in [0.25, 0.3) is 5.91 Å². The second-order valence-corrected chi connectivity index (χ2v) is 5.52. The first-order valence-electron chi connectivity index (χ1n) is 7.51. The summed E-state index contributed by atoms with van der Waals surface area (Å²) in [4.78, 5) is 24.2. The van der Waals surface area contributed by atoms with Crippen LogP contribution in [-0.2, 0) is 4.79 Å². The first-order chi connectivity index (χ1) is 10.6. The first-order valence-corrected chi connectivity index (χ1v) is 7.51. The number of ether oxygens (including phenoxy) is 1. The highest BCUT2D eigenvalue weighted by molar-refractivity contribution is 5.99. The predicted octanol–water partition coefficient (Wildman–Crippen LogP) is 1.79. The van der Waals surface area contributed by atoms with Gasteiger partial charge in [0.15, 0.2) is 0 Å². The van der Waals surface area contributed by atoms with Gasteiger partial charge in [0.1, 0.15) is 5.75 Å². The Balaban J connectivity index is 0.00000264. The molecule has 0 saturated heterocycles. The number of hydrogen-bond acceptors (Lipinski definition) is 4. The molecule has 1 fully saturated rings. The van der Waals surface area contributed by atoms with E-state index in [1.807, 2.05) is 0 Å². The van der Waals surface area contributed by atoms with Crippen molar-refractivity contribution in [1.29, 1.82) is 0 Å². The van der Waals surface area contributed by atoms with Crippen LogP contribution in [0.5, 0.6) is 5.75 Å². The smallest absolute Gasteiger partial charge is 0.251 e. The summed E-state index contributed by atoms with van der Waals surface area (Å²) >= 11 is 0. The van der Waals surface area contributed by atoms with Gasteiger partial charge in [0, 0.05) is 18.5 Å². The van der Waals surface area contributed by atoms with E-state index in [0.29, 0.717) is 23.5 Å². The maximum Gasteiger partial charge on any atom is 0.251 e. The van der Waals surface area contributed by atoms with Gasteiger partial charge in [-0.05, 0) is 43.5 Å². The van der Waals surface area contributed by atoms with Gasteiger partial charge in [-0.15, -0.1) is 12.4 Å². The fourth-order valence-electron chi connectivity index (χ4n) is 2.98. The highest BCUT2D eigenvalue weighted by Gasteiger charge is 2.32. The van der Waals surface area contributed by atoms with Crippen molar-refractivity contribution in [3.05, 3.63) is 23.8 Å². The standard InChI is InChI=1S/C16H23N3O3.ClH/c1-18-15(20)10-6-7-14(22-2)13(8-10)19-16(21)12-5-3-4-11(12)9-17;/h6-8,11-12H,3-5,9,17H2,1-2H3,(H,18,20)(H,19,21);1H/t11-,12-;/m1./s1. The number of methoxy groups -OCH3 is 1. The second-order valence-electron chi connectivity index (χ2n) is 5.52. The highest BCUT2D eigenvalue weighted by Crippen LogP contribution is 2.33. The number of halogens is 1. The number of hydrogen-bond donors (Lipinski definition) is 3. The van der Waals surface area contributed by atoms with Gasteiger partial charge in [0.2, 0.25) is 5.91 Å². The summed E-state index contributed by atoms with van der Waals surface area (Å²) in [6.07, 6.45) is 2.87. The minimum Gasteiger partial charge on any atom is -0.495 e. The molecule has 0 radical (unpaired) electrons. The maximum atomic E-state index is 12.5. The van der Waals surface area contributed by atoms with Crippen LogP contribution in [0.1, 0.15) is 29.6 Å². The fraction of sp³-hybridized carbons (Fsp3) is 0.500. The predicted molar refractivity (Wildman–Crippen MR) is 92.1 cm³/mol. The lowest BCUT2D eigenvalue weighted by molar-refractivity contribution is -0.120. The van der Waals surface area contributed by atoms with E-state index in [9.17, 15) is 9.59 Å². The van der Waals surface area contributed by atoms with Crippen molar-refractivity contribution in [2.75, 3.05) is 26.0 Å². The number of carbonyl (C=O) groups excluding carboxylic acids is 2. The zero-order valence-electron chi connectivity index (χ0n) is 13.4. The van der Waals surface area contributed by atoms with Crippen molar-refractivity contribution >= 4 is 29.9 Å². The maximum absolute atomic E-state index is 12.5. The van der Waals surface area contributed by atoms with Gasteiger partial charge >= 0.3 is 0 Å². The minimum absolute atomic E-state index is 0. The van der Waals surface area contributed by atoms with Crippen molar-refractivity contribution in [3.63, 3.8) is 0 Å². The van der Waals surface area contributed by atoms with Crippen LogP contribution in [0.2, 0.25) is 0 Å². The molecule has 0 spiro atoms. The molecule has 6 nitrogen and oxygen atoms in total. The molecular formula is C16H24ClN3O3. The Hall–Kier alpha value is -1.79. The molecule has 128 valence electrons. The van der Waals surface area contributed by atoms with E-state index in [1.165, 1.54) is 7.11 Å². The van der Waals surface area contributed by atoms with Crippen molar-refractivity contribution in [1.82, 2.24) is 5.32 Å². The van der Waals surface area contributed by atoms with Crippen molar-refractivity contribution in [2.45, 2.75) is 19.3 Å². The average molecular weight is 342 g/mol. The molecular weight excluding hydrogens is 318 g/mol. The van der Waals surface area contributed by atoms with E-state index in [0.717, 1.165) is 19.3 Å². The quantitative estimate of drug-likeness (QED) is 0.761. The van der Waals surface area contributed by atoms with E-state index in [4.69, 9.17) is 10.5 Å². The summed E-state index contributed by atoms with van der Waals surface area (Å²) in [6.45, 7) is 0.521. The third-order valence-electron chi connectivity index (χ3n) is 4.25. The van der Waals surface area contributed by atoms with Crippen LogP contribution in [0.15, 0.2) is 18.2 Å². The molecule has 0 heterocycles. The van der Waals surface area contributed by atoms with Crippen LogP contribution < -0.4 is 21.1 Å². The summed E-state index contributed by atoms with van der Waals surface area (Å²) in [5, 5.41) is 5.45. The molecule has 0 aromatic heterocycles. The van der Waals surface area contributed by atoms with Crippen molar-refractivity contribution < 1.29 is 14.3 Å². The Morgan fingerprint density at radius 2 is 2.09 bits per heavy atom.